The highest BCUT2D eigenvalue weighted by Crippen LogP contribution is 2.22. The number of nitrogens with two attached hydrogens (primary N) is 1. The molecular weight excluding hydrogens is 448 g/mol. The summed E-state index contributed by atoms with van der Waals surface area (Å²) in [7, 11) is -3.68. The summed E-state index contributed by atoms with van der Waals surface area (Å²) in [6.45, 7) is 1.81. The van der Waals surface area contributed by atoms with Gasteiger partial charge in [-0.15, -0.1) is 11.8 Å². The summed E-state index contributed by atoms with van der Waals surface area (Å²) in [6.07, 6.45) is 2.00. The molecule has 0 aliphatic heterocycles. The summed E-state index contributed by atoms with van der Waals surface area (Å²) in [5.41, 5.74) is 8.52. The second-order valence-electron chi connectivity index (χ2n) is 6.53. The minimum absolute atomic E-state index is 0.113. The predicted molar refractivity (Wildman–Crippen MR) is 133 cm³/mol. The van der Waals surface area contributed by atoms with E-state index in [2.05, 4.69) is 9.82 Å². The summed E-state index contributed by atoms with van der Waals surface area (Å²) in [5, 5.41) is 6.14. The van der Waals surface area contributed by atoms with Gasteiger partial charge in [-0.05, 0) is 79.5 Å². The van der Waals surface area contributed by atoms with Crippen molar-refractivity contribution in [1.29, 1.82) is 0 Å². The smallest absolute Gasteiger partial charge is 0.261 e. The van der Waals surface area contributed by atoms with Gasteiger partial charge in [-0.1, -0.05) is 30.3 Å². The number of hydrogen-bond acceptors (Lipinski definition) is 5. The van der Waals surface area contributed by atoms with Gasteiger partial charge in [-0.2, -0.15) is 5.10 Å². The van der Waals surface area contributed by atoms with Gasteiger partial charge in [-0.25, -0.2) is 13.4 Å². The van der Waals surface area contributed by atoms with Gasteiger partial charge >= 0.3 is 0 Å². The maximum atomic E-state index is 12.6. The van der Waals surface area contributed by atoms with Gasteiger partial charge in [0.2, 0.25) is 0 Å². The highest BCUT2D eigenvalue weighted by molar-refractivity contribution is 7.98. The first-order valence-corrected chi connectivity index (χ1v) is 12.4. The topological polar surface area (TPSA) is 87.8 Å². The first-order valence-electron chi connectivity index (χ1n) is 9.27. The third-order valence-electron chi connectivity index (χ3n) is 4.38. The van der Waals surface area contributed by atoms with Crippen molar-refractivity contribution in [2.75, 3.05) is 16.0 Å². The van der Waals surface area contributed by atoms with E-state index in [1.807, 2.05) is 43.5 Å². The lowest BCUT2D eigenvalue weighted by Gasteiger charge is -2.18. The number of nitrogens with one attached hydrogen (secondary N) is 1. The van der Waals surface area contributed by atoms with Gasteiger partial charge in [0, 0.05) is 10.6 Å². The molecule has 0 saturated heterocycles. The zero-order valence-corrected chi connectivity index (χ0v) is 19.5. The van der Waals surface area contributed by atoms with Crippen LogP contribution in [-0.2, 0) is 10.0 Å². The molecule has 0 saturated carbocycles. The number of anilines is 2. The van der Waals surface area contributed by atoms with Crippen LogP contribution in [0.4, 0.5) is 11.4 Å². The normalized spacial score (nSPS) is 11.7. The summed E-state index contributed by atoms with van der Waals surface area (Å²) in [6, 6.07) is 23.0. The Kier molecular flexibility index (Phi) is 7.32. The van der Waals surface area contributed by atoms with E-state index in [9.17, 15) is 8.42 Å². The summed E-state index contributed by atoms with van der Waals surface area (Å²) in [5.74, 6) is 0. The molecule has 0 aromatic heterocycles. The van der Waals surface area contributed by atoms with Crippen LogP contribution in [0.5, 0.6) is 0 Å². The van der Waals surface area contributed by atoms with Gasteiger partial charge in [0.1, 0.15) is 0 Å². The van der Waals surface area contributed by atoms with Gasteiger partial charge in [0.15, 0.2) is 5.11 Å². The molecule has 0 fully saturated rings. The maximum Gasteiger partial charge on any atom is 0.261 e. The number of nitrogens with zero attached hydrogens (tertiary/aromatic N) is 2. The van der Waals surface area contributed by atoms with E-state index in [1.54, 1.807) is 48.2 Å². The van der Waals surface area contributed by atoms with E-state index in [4.69, 9.17) is 18.0 Å². The van der Waals surface area contributed by atoms with Crippen molar-refractivity contribution in [3.8, 4) is 0 Å². The van der Waals surface area contributed by atoms with E-state index in [0.29, 0.717) is 11.4 Å². The molecule has 3 N–H and O–H groups in total. The van der Waals surface area contributed by atoms with Crippen molar-refractivity contribution in [3.05, 3.63) is 84.4 Å². The molecule has 3 aromatic rings. The van der Waals surface area contributed by atoms with Gasteiger partial charge in [-0.3, -0.25) is 4.72 Å². The van der Waals surface area contributed by atoms with Crippen LogP contribution < -0.4 is 15.5 Å². The minimum Gasteiger partial charge on any atom is -0.374 e. The number of sulfonamides is 1. The monoisotopic (exact) mass is 470 g/mol. The molecule has 160 valence electrons. The zero-order valence-electron chi connectivity index (χ0n) is 17.0. The molecule has 3 rings (SSSR count). The summed E-state index contributed by atoms with van der Waals surface area (Å²) < 4.78 is 27.8. The molecule has 0 heterocycles. The van der Waals surface area contributed by atoms with Crippen molar-refractivity contribution in [3.63, 3.8) is 0 Å². The van der Waals surface area contributed by atoms with Crippen LogP contribution in [-0.4, -0.2) is 25.5 Å². The van der Waals surface area contributed by atoms with Gasteiger partial charge < -0.3 is 5.73 Å². The molecule has 9 heteroatoms. The summed E-state index contributed by atoms with van der Waals surface area (Å²) >= 11 is 6.80. The Morgan fingerprint density at radius 3 is 2.16 bits per heavy atom. The minimum atomic E-state index is -3.68. The second-order valence-corrected chi connectivity index (χ2v) is 9.51. The van der Waals surface area contributed by atoms with Crippen molar-refractivity contribution in [1.82, 2.24) is 0 Å². The molecule has 0 aliphatic rings. The van der Waals surface area contributed by atoms with E-state index in [1.165, 1.54) is 17.1 Å². The second kappa shape index (κ2) is 9.95. The van der Waals surface area contributed by atoms with E-state index in [-0.39, 0.29) is 10.0 Å². The first kappa shape index (κ1) is 22.8. The molecule has 0 atom stereocenters. The van der Waals surface area contributed by atoms with Crippen molar-refractivity contribution >= 4 is 56.2 Å². The Morgan fingerprint density at radius 2 is 1.61 bits per heavy atom. The van der Waals surface area contributed by atoms with Crippen molar-refractivity contribution in [2.45, 2.75) is 16.7 Å². The molecule has 6 nitrogen and oxygen atoms in total. The molecule has 0 unspecified atom stereocenters. The van der Waals surface area contributed by atoms with Gasteiger partial charge in [0.05, 0.1) is 16.3 Å². The fourth-order valence-corrected chi connectivity index (χ4v) is 4.37. The number of para-hydroxylation sites is 1. The predicted octanol–water partition coefficient (Wildman–Crippen LogP) is 4.68. The highest BCUT2D eigenvalue weighted by Gasteiger charge is 2.15. The molecule has 0 spiro atoms. The number of hydrogen-bond donors (Lipinski definition) is 2. The molecular formula is C22H22N4O2S3. The number of rotatable bonds is 7. The van der Waals surface area contributed by atoms with Crippen LogP contribution in [0, 0.1) is 0 Å². The lowest BCUT2D eigenvalue weighted by Crippen LogP contribution is -2.31. The standard InChI is InChI=1S/C22H22N4O2S3/c1-16(24-26(22(23)29)19-10-12-20(30-2)13-11-19)17-8-14-21(15-9-17)31(27,28)25-18-6-4-3-5-7-18/h3-15,25H,1-2H3,(H2,23,29)/b24-16+. The Hall–Kier alpha value is -2.88. The number of hydrazone groups is 1. The summed E-state index contributed by atoms with van der Waals surface area (Å²) in [4.78, 5) is 1.28. The third kappa shape index (κ3) is 5.84. The lowest BCUT2D eigenvalue weighted by atomic mass is 10.1. The van der Waals surface area contributed by atoms with E-state index in [0.717, 1.165) is 16.1 Å². The Balaban J connectivity index is 1.82. The van der Waals surface area contributed by atoms with Crippen LogP contribution >= 0.6 is 24.0 Å². The largest absolute Gasteiger partial charge is 0.374 e. The number of thiocarbonyl (C=S) groups is 1. The SMILES string of the molecule is CSc1ccc(N(/N=C(\C)c2ccc(S(=O)(=O)Nc3ccccc3)cc2)C(N)=S)cc1. The molecule has 0 amide bonds. The molecule has 3 aromatic carbocycles. The molecule has 0 bridgehead atoms. The quantitative estimate of drug-likeness (QED) is 0.226. The average Bonchev–Trinajstić information content (AvgIpc) is 2.77. The molecule has 0 radical (unpaired) electrons. The van der Waals surface area contributed by atoms with Crippen LogP contribution in [0.3, 0.4) is 0 Å². The number of benzene rings is 3. The van der Waals surface area contributed by atoms with Crippen LogP contribution in [0.2, 0.25) is 0 Å². The molecule has 31 heavy (non-hydrogen) atoms. The first-order chi connectivity index (χ1) is 14.8. The van der Waals surface area contributed by atoms with Crippen LogP contribution in [0.25, 0.3) is 0 Å². The van der Waals surface area contributed by atoms with Gasteiger partial charge in [0.25, 0.3) is 10.0 Å². The molecule has 0 aliphatic carbocycles. The van der Waals surface area contributed by atoms with Crippen molar-refractivity contribution < 1.29 is 8.42 Å². The number of thioether (sulfide) groups is 1. The van der Waals surface area contributed by atoms with Crippen LogP contribution in [0.1, 0.15) is 12.5 Å². The lowest BCUT2D eigenvalue weighted by molar-refractivity contribution is 0.601. The fraction of sp³-hybridized carbons (Fsp3) is 0.0909. The van der Waals surface area contributed by atoms with E-state index >= 15 is 0 Å². The van der Waals surface area contributed by atoms with Crippen molar-refractivity contribution in [2.24, 2.45) is 10.8 Å². The average molecular weight is 471 g/mol. The Bertz CT molecular complexity index is 1180. The Morgan fingerprint density at radius 1 is 1.00 bits per heavy atom. The maximum absolute atomic E-state index is 12.6. The Labute approximate surface area is 192 Å². The fourth-order valence-electron chi connectivity index (χ4n) is 2.76. The highest BCUT2D eigenvalue weighted by atomic mass is 32.2. The third-order valence-corrected chi connectivity index (χ3v) is 6.70. The van der Waals surface area contributed by atoms with E-state index < -0.39 is 10.0 Å². The van der Waals surface area contributed by atoms with Crippen LogP contribution in [0.15, 0.2) is 93.8 Å². The zero-order chi connectivity index (χ0) is 22.4.